The van der Waals surface area contributed by atoms with Crippen molar-refractivity contribution < 1.29 is 19.4 Å². The quantitative estimate of drug-likeness (QED) is 0.208. The van der Waals surface area contributed by atoms with Crippen molar-refractivity contribution in [3.05, 3.63) is 46.6 Å². The topological polar surface area (TPSA) is 63.6 Å². The van der Waals surface area contributed by atoms with Gasteiger partial charge in [-0.25, -0.2) is 0 Å². The van der Waals surface area contributed by atoms with Crippen LogP contribution in [-0.2, 0) is 14.3 Å². The Kier molecular flexibility index (Phi) is 20.5. The van der Waals surface area contributed by atoms with Crippen LogP contribution in [0.1, 0.15) is 107 Å². The molecular weight excluding hydrogens is 412 g/mol. The minimum atomic E-state index is -0.684. The van der Waals surface area contributed by atoms with Crippen LogP contribution in [0.4, 0.5) is 0 Å². The van der Waals surface area contributed by atoms with E-state index in [9.17, 15) is 9.59 Å². The van der Waals surface area contributed by atoms with Gasteiger partial charge in [-0.1, -0.05) is 61.3 Å². The Morgan fingerprint density at radius 2 is 1.30 bits per heavy atom. The third-order valence-corrected chi connectivity index (χ3v) is 5.03. The maximum atomic E-state index is 11.3. The van der Waals surface area contributed by atoms with Crippen LogP contribution in [0.15, 0.2) is 46.6 Å². The summed E-state index contributed by atoms with van der Waals surface area (Å²) in [6.07, 6.45) is 14.5. The van der Waals surface area contributed by atoms with Gasteiger partial charge in [0.25, 0.3) is 0 Å². The maximum Gasteiger partial charge on any atom is 0.306 e. The molecule has 0 amide bonds. The summed E-state index contributed by atoms with van der Waals surface area (Å²) in [6, 6.07) is 0. The van der Waals surface area contributed by atoms with Gasteiger partial charge in [0.05, 0.1) is 5.92 Å². The van der Waals surface area contributed by atoms with Crippen LogP contribution in [0.2, 0.25) is 0 Å². The summed E-state index contributed by atoms with van der Waals surface area (Å²) in [4.78, 5) is 22.1. The lowest BCUT2D eigenvalue weighted by molar-refractivity contribution is -0.143. The standard InChI is InChI=1S/C15H26O2.C14H24O2/c1-12(2)7-6-8-14(5)9-10-17-15(16)11-13(3)4;1-5-13(14(15)16)10-9-12(4)8-6-7-11(2)3/h7,9,13H,6,8,10-11H2,1-5H3;7,9,13H,5-6,8,10H2,1-4H3,(H,15,16). The van der Waals surface area contributed by atoms with Crippen molar-refractivity contribution in [3.63, 3.8) is 0 Å². The molecule has 0 rings (SSSR count). The minimum Gasteiger partial charge on any atom is -0.481 e. The fourth-order valence-electron chi connectivity index (χ4n) is 2.84. The van der Waals surface area contributed by atoms with Crippen molar-refractivity contribution in [2.45, 2.75) is 107 Å². The van der Waals surface area contributed by atoms with Gasteiger partial charge in [0.15, 0.2) is 0 Å². The van der Waals surface area contributed by atoms with Crippen LogP contribution in [0.3, 0.4) is 0 Å². The van der Waals surface area contributed by atoms with Gasteiger partial charge in [-0.3, -0.25) is 9.59 Å². The summed E-state index contributed by atoms with van der Waals surface area (Å²) in [5.41, 5.74) is 5.25. The maximum absolute atomic E-state index is 11.3. The molecule has 0 spiro atoms. The van der Waals surface area contributed by atoms with Gasteiger partial charge in [0.2, 0.25) is 0 Å². The van der Waals surface area contributed by atoms with E-state index in [0.29, 0.717) is 31.8 Å². The number of hydrogen-bond acceptors (Lipinski definition) is 3. The highest BCUT2D eigenvalue weighted by Gasteiger charge is 2.12. The number of ether oxygens (including phenoxy) is 1. The van der Waals surface area contributed by atoms with Gasteiger partial charge >= 0.3 is 11.9 Å². The number of allylic oxidation sites excluding steroid dienone is 7. The monoisotopic (exact) mass is 462 g/mol. The summed E-state index contributed by atoms with van der Waals surface area (Å²) >= 11 is 0. The fourth-order valence-corrected chi connectivity index (χ4v) is 2.84. The highest BCUT2D eigenvalue weighted by molar-refractivity contribution is 5.70. The normalized spacial score (nSPS) is 12.4. The molecule has 0 aliphatic rings. The second kappa shape index (κ2) is 20.5. The molecule has 0 aliphatic carbocycles. The molecule has 33 heavy (non-hydrogen) atoms. The smallest absolute Gasteiger partial charge is 0.306 e. The van der Waals surface area contributed by atoms with Crippen molar-refractivity contribution in [2.24, 2.45) is 11.8 Å². The first-order valence-electron chi connectivity index (χ1n) is 12.3. The highest BCUT2D eigenvalue weighted by Crippen LogP contribution is 2.14. The van der Waals surface area contributed by atoms with E-state index in [4.69, 9.17) is 9.84 Å². The number of rotatable bonds is 14. The third-order valence-electron chi connectivity index (χ3n) is 5.03. The molecule has 1 N–H and O–H groups in total. The molecular formula is C29H50O4. The van der Waals surface area contributed by atoms with Crippen molar-refractivity contribution in [1.82, 2.24) is 0 Å². The van der Waals surface area contributed by atoms with Crippen LogP contribution in [0, 0.1) is 11.8 Å². The number of carboxylic acids is 1. The molecule has 1 unspecified atom stereocenters. The Morgan fingerprint density at radius 3 is 1.70 bits per heavy atom. The zero-order valence-corrected chi connectivity index (χ0v) is 22.8. The van der Waals surface area contributed by atoms with Crippen LogP contribution in [-0.4, -0.2) is 23.7 Å². The van der Waals surface area contributed by atoms with E-state index in [1.807, 2.05) is 26.8 Å². The van der Waals surface area contributed by atoms with Gasteiger partial charge in [-0.05, 0) is 92.1 Å². The zero-order chi connectivity index (χ0) is 25.8. The Hall–Kier alpha value is -2.10. The Balaban J connectivity index is 0. The summed E-state index contributed by atoms with van der Waals surface area (Å²) in [6.45, 7) is 18.9. The number of aliphatic carboxylic acids is 1. The first-order chi connectivity index (χ1) is 15.4. The Labute approximate surface area is 203 Å². The van der Waals surface area contributed by atoms with E-state index in [1.54, 1.807) is 0 Å². The summed E-state index contributed by atoms with van der Waals surface area (Å²) < 4.78 is 5.12. The molecule has 1 atom stereocenters. The van der Waals surface area contributed by atoms with Crippen molar-refractivity contribution in [3.8, 4) is 0 Å². The molecule has 0 fully saturated rings. The van der Waals surface area contributed by atoms with E-state index >= 15 is 0 Å². The fraction of sp³-hybridized carbons (Fsp3) is 0.655. The molecule has 0 heterocycles. The average molecular weight is 463 g/mol. The molecule has 0 aromatic heterocycles. The molecule has 190 valence electrons. The third kappa shape index (κ3) is 24.4. The zero-order valence-electron chi connectivity index (χ0n) is 22.8. The predicted octanol–water partition coefficient (Wildman–Crippen LogP) is 8.45. The van der Waals surface area contributed by atoms with Gasteiger partial charge in [-0.2, -0.15) is 0 Å². The van der Waals surface area contributed by atoms with E-state index in [1.165, 1.54) is 22.3 Å². The minimum absolute atomic E-state index is 0.103. The van der Waals surface area contributed by atoms with Crippen molar-refractivity contribution >= 4 is 11.9 Å². The second-order valence-electron chi connectivity index (χ2n) is 9.70. The second-order valence-corrected chi connectivity index (χ2v) is 9.70. The van der Waals surface area contributed by atoms with Gasteiger partial charge < -0.3 is 9.84 Å². The molecule has 0 aromatic carbocycles. The number of esters is 1. The van der Waals surface area contributed by atoms with Crippen LogP contribution >= 0.6 is 0 Å². The van der Waals surface area contributed by atoms with Crippen LogP contribution in [0.25, 0.3) is 0 Å². The summed E-state index contributed by atoms with van der Waals surface area (Å²) in [5.74, 6) is -0.646. The molecule has 4 heteroatoms. The van der Waals surface area contributed by atoms with Gasteiger partial charge in [0, 0.05) is 6.42 Å². The molecule has 0 aliphatic heterocycles. The molecule has 0 saturated carbocycles. The Morgan fingerprint density at radius 1 is 0.818 bits per heavy atom. The van der Waals surface area contributed by atoms with Crippen molar-refractivity contribution in [1.29, 1.82) is 0 Å². The van der Waals surface area contributed by atoms with Crippen LogP contribution in [0.5, 0.6) is 0 Å². The number of carboxylic acid groups (broad SMARTS) is 1. The first kappa shape index (κ1) is 33.1. The van der Waals surface area contributed by atoms with Crippen LogP contribution < -0.4 is 0 Å². The van der Waals surface area contributed by atoms with Gasteiger partial charge in [0.1, 0.15) is 6.61 Å². The Bertz CT molecular complexity index is 670. The van der Waals surface area contributed by atoms with Gasteiger partial charge in [-0.15, -0.1) is 0 Å². The predicted molar refractivity (Wildman–Crippen MR) is 141 cm³/mol. The van der Waals surface area contributed by atoms with E-state index in [-0.39, 0.29) is 11.9 Å². The molecule has 4 nitrogen and oxygen atoms in total. The first-order valence-corrected chi connectivity index (χ1v) is 12.3. The lowest BCUT2D eigenvalue weighted by Gasteiger charge is -2.06. The highest BCUT2D eigenvalue weighted by atomic mass is 16.5. The number of carbonyl (C=O) groups excluding carboxylic acids is 1. The molecule has 0 aromatic rings. The summed E-state index contributed by atoms with van der Waals surface area (Å²) in [7, 11) is 0. The number of hydrogen-bond donors (Lipinski definition) is 1. The van der Waals surface area contributed by atoms with E-state index in [2.05, 4.69) is 59.8 Å². The average Bonchev–Trinajstić information content (AvgIpc) is 2.67. The van der Waals surface area contributed by atoms with Crippen molar-refractivity contribution in [2.75, 3.05) is 6.61 Å². The lowest BCUT2D eigenvalue weighted by Crippen LogP contribution is -2.11. The molecule has 0 radical (unpaired) electrons. The van der Waals surface area contributed by atoms with E-state index in [0.717, 1.165) is 25.7 Å². The SMILES string of the molecule is CC(C)=CCCC(C)=CCOC(=O)CC(C)C.CCC(CC=C(C)CCC=C(C)C)C(=O)O. The summed E-state index contributed by atoms with van der Waals surface area (Å²) in [5, 5.41) is 8.90. The lowest BCUT2D eigenvalue weighted by atomic mass is 10.00. The largest absolute Gasteiger partial charge is 0.481 e. The molecule has 0 bridgehead atoms. The van der Waals surface area contributed by atoms with E-state index < -0.39 is 5.97 Å². The molecule has 0 saturated heterocycles. The number of carbonyl (C=O) groups is 2.